The zero-order chi connectivity index (χ0) is 18.8. The van der Waals surface area contributed by atoms with Crippen LogP contribution < -0.4 is 14.4 Å². The third-order valence-electron chi connectivity index (χ3n) is 4.12. The van der Waals surface area contributed by atoms with Gasteiger partial charge in [0, 0.05) is 5.56 Å². The second kappa shape index (κ2) is 7.51. The minimum atomic E-state index is -0.126. The van der Waals surface area contributed by atoms with Crippen LogP contribution in [0, 0.1) is 13.8 Å². The van der Waals surface area contributed by atoms with Crippen molar-refractivity contribution >= 4 is 46.0 Å². The number of carbonyl (C=O) groups excluding carboxylic acids is 1. The number of hydrogen-bond acceptors (Lipinski definition) is 5. The van der Waals surface area contributed by atoms with Crippen LogP contribution in [0.2, 0.25) is 0 Å². The molecular formula is C20H19NO3S2. The number of rotatable bonds is 4. The predicted octanol–water partition coefficient (Wildman–Crippen LogP) is 4.73. The molecule has 1 saturated heterocycles. The van der Waals surface area contributed by atoms with Crippen molar-refractivity contribution in [3.63, 3.8) is 0 Å². The number of carbonyl (C=O) groups is 1. The van der Waals surface area contributed by atoms with Gasteiger partial charge in [0.25, 0.3) is 5.91 Å². The molecule has 1 amide bonds. The molecule has 1 aliphatic rings. The molecule has 0 aliphatic carbocycles. The first kappa shape index (κ1) is 18.5. The standard InChI is InChI=1S/C20H19NO3S2/c1-12-5-6-13(2)16(9-12)21-19(22)18(26-20(21)25)11-14-10-15(23-3)7-8-17(14)24-4/h5-11H,1-4H3/b18-11-. The lowest BCUT2D eigenvalue weighted by molar-refractivity contribution is -0.113. The molecule has 1 heterocycles. The van der Waals surface area contributed by atoms with Crippen LogP contribution in [-0.4, -0.2) is 24.4 Å². The zero-order valence-electron chi connectivity index (χ0n) is 15.0. The van der Waals surface area contributed by atoms with E-state index in [1.165, 1.54) is 11.8 Å². The van der Waals surface area contributed by atoms with E-state index in [9.17, 15) is 4.79 Å². The maximum Gasteiger partial charge on any atom is 0.270 e. The van der Waals surface area contributed by atoms with Crippen molar-refractivity contribution in [2.24, 2.45) is 0 Å². The molecule has 3 rings (SSSR count). The molecule has 2 aromatic rings. The fourth-order valence-electron chi connectivity index (χ4n) is 2.73. The van der Waals surface area contributed by atoms with Crippen LogP contribution in [0.5, 0.6) is 11.5 Å². The summed E-state index contributed by atoms with van der Waals surface area (Å²) in [6.07, 6.45) is 1.80. The monoisotopic (exact) mass is 385 g/mol. The summed E-state index contributed by atoms with van der Waals surface area (Å²) in [5.41, 5.74) is 3.69. The number of nitrogens with zero attached hydrogens (tertiary/aromatic N) is 1. The second-order valence-corrected chi connectivity index (χ2v) is 7.59. The lowest BCUT2D eigenvalue weighted by atomic mass is 10.1. The lowest BCUT2D eigenvalue weighted by Gasteiger charge is -2.17. The molecule has 6 heteroatoms. The Balaban J connectivity index is 2.02. The van der Waals surface area contributed by atoms with Crippen LogP contribution in [0.4, 0.5) is 5.69 Å². The number of methoxy groups -OCH3 is 2. The molecule has 0 atom stereocenters. The molecule has 4 nitrogen and oxygen atoms in total. The van der Waals surface area contributed by atoms with Crippen LogP contribution in [0.25, 0.3) is 6.08 Å². The van der Waals surface area contributed by atoms with E-state index in [0.717, 1.165) is 22.4 Å². The molecule has 26 heavy (non-hydrogen) atoms. The number of anilines is 1. The average molecular weight is 386 g/mol. The van der Waals surface area contributed by atoms with Gasteiger partial charge < -0.3 is 9.47 Å². The Labute approximate surface area is 162 Å². The summed E-state index contributed by atoms with van der Waals surface area (Å²) in [5.74, 6) is 1.24. The van der Waals surface area contributed by atoms with Crippen LogP contribution in [0.15, 0.2) is 41.3 Å². The number of thiocarbonyl (C=S) groups is 1. The van der Waals surface area contributed by atoms with Crippen molar-refractivity contribution < 1.29 is 14.3 Å². The van der Waals surface area contributed by atoms with E-state index in [-0.39, 0.29) is 5.91 Å². The molecule has 1 fully saturated rings. The molecule has 0 N–H and O–H groups in total. The maximum atomic E-state index is 13.0. The van der Waals surface area contributed by atoms with E-state index < -0.39 is 0 Å². The minimum Gasteiger partial charge on any atom is -0.497 e. The Hall–Kier alpha value is -2.31. The molecule has 0 spiro atoms. The van der Waals surface area contributed by atoms with Gasteiger partial charge in [0.1, 0.15) is 11.5 Å². The number of hydrogen-bond donors (Lipinski definition) is 0. The van der Waals surface area contributed by atoms with E-state index in [0.29, 0.717) is 20.7 Å². The molecule has 0 saturated carbocycles. The van der Waals surface area contributed by atoms with Crippen LogP contribution in [0.3, 0.4) is 0 Å². The molecule has 0 unspecified atom stereocenters. The van der Waals surface area contributed by atoms with E-state index >= 15 is 0 Å². The first-order valence-electron chi connectivity index (χ1n) is 8.02. The summed E-state index contributed by atoms with van der Waals surface area (Å²) in [4.78, 5) is 15.2. The fraction of sp³-hybridized carbons (Fsp3) is 0.200. The van der Waals surface area contributed by atoms with Crippen LogP contribution in [0.1, 0.15) is 16.7 Å². The number of amides is 1. The van der Waals surface area contributed by atoms with Gasteiger partial charge >= 0.3 is 0 Å². The van der Waals surface area contributed by atoms with Gasteiger partial charge in [-0.3, -0.25) is 9.69 Å². The zero-order valence-corrected chi connectivity index (χ0v) is 16.7. The number of thioether (sulfide) groups is 1. The van der Waals surface area contributed by atoms with Crippen LogP contribution in [-0.2, 0) is 4.79 Å². The highest BCUT2D eigenvalue weighted by Crippen LogP contribution is 2.39. The summed E-state index contributed by atoms with van der Waals surface area (Å²) in [5, 5.41) is 0. The topological polar surface area (TPSA) is 38.8 Å². The van der Waals surface area contributed by atoms with Gasteiger partial charge in [-0.1, -0.05) is 36.1 Å². The van der Waals surface area contributed by atoms with Gasteiger partial charge in [-0.2, -0.15) is 0 Å². The Bertz CT molecular complexity index is 921. The molecule has 1 aliphatic heterocycles. The highest BCUT2D eigenvalue weighted by molar-refractivity contribution is 8.27. The van der Waals surface area contributed by atoms with E-state index in [1.54, 1.807) is 25.2 Å². The largest absolute Gasteiger partial charge is 0.497 e. The summed E-state index contributed by atoms with van der Waals surface area (Å²) < 4.78 is 11.2. The van der Waals surface area contributed by atoms with Gasteiger partial charge in [0.15, 0.2) is 4.32 Å². The molecule has 0 radical (unpaired) electrons. The molecule has 0 aromatic heterocycles. The van der Waals surface area contributed by atoms with Crippen molar-refractivity contribution in [3.8, 4) is 11.5 Å². The molecular weight excluding hydrogens is 366 g/mol. The second-order valence-electron chi connectivity index (χ2n) is 5.91. The summed E-state index contributed by atoms with van der Waals surface area (Å²) in [6.45, 7) is 3.97. The van der Waals surface area contributed by atoms with Crippen molar-refractivity contribution in [1.82, 2.24) is 0 Å². The van der Waals surface area contributed by atoms with Gasteiger partial charge in [-0.25, -0.2) is 0 Å². The van der Waals surface area contributed by atoms with Gasteiger partial charge in [-0.15, -0.1) is 0 Å². The van der Waals surface area contributed by atoms with E-state index in [1.807, 2.05) is 50.2 Å². The Morgan fingerprint density at radius 1 is 1.08 bits per heavy atom. The fourth-order valence-corrected chi connectivity index (χ4v) is 4.00. The van der Waals surface area contributed by atoms with Crippen molar-refractivity contribution in [2.45, 2.75) is 13.8 Å². The number of benzene rings is 2. The normalized spacial score (nSPS) is 15.7. The van der Waals surface area contributed by atoms with E-state index in [2.05, 4.69) is 0 Å². The third-order valence-corrected chi connectivity index (χ3v) is 5.42. The van der Waals surface area contributed by atoms with Crippen molar-refractivity contribution in [3.05, 3.63) is 58.0 Å². The minimum absolute atomic E-state index is 0.126. The van der Waals surface area contributed by atoms with Crippen molar-refractivity contribution in [2.75, 3.05) is 19.1 Å². The predicted molar refractivity (Wildman–Crippen MR) is 111 cm³/mol. The Kier molecular flexibility index (Phi) is 5.34. The Morgan fingerprint density at radius 3 is 2.54 bits per heavy atom. The average Bonchev–Trinajstić information content (AvgIpc) is 2.90. The first-order chi connectivity index (χ1) is 12.4. The molecule has 134 valence electrons. The lowest BCUT2D eigenvalue weighted by Crippen LogP contribution is -2.28. The highest BCUT2D eigenvalue weighted by Gasteiger charge is 2.34. The first-order valence-corrected chi connectivity index (χ1v) is 9.24. The summed E-state index contributed by atoms with van der Waals surface area (Å²) >= 11 is 6.77. The smallest absolute Gasteiger partial charge is 0.270 e. The van der Waals surface area contributed by atoms with Gasteiger partial charge in [-0.05, 0) is 55.3 Å². The third kappa shape index (κ3) is 3.48. The molecule has 0 bridgehead atoms. The van der Waals surface area contributed by atoms with Gasteiger partial charge in [0.2, 0.25) is 0 Å². The summed E-state index contributed by atoms with van der Waals surface area (Å²) in [6, 6.07) is 11.5. The van der Waals surface area contributed by atoms with Gasteiger partial charge in [0.05, 0.1) is 24.8 Å². The number of ether oxygens (including phenoxy) is 2. The SMILES string of the molecule is COc1ccc(OC)c(/C=C2\SC(=S)N(c3cc(C)ccc3C)C2=O)c1. The Morgan fingerprint density at radius 2 is 1.85 bits per heavy atom. The summed E-state index contributed by atoms with van der Waals surface area (Å²) in [7, 11) is 3.20. The van der Waals surface area contributed by atoms with E-state index in [4.69, 9.17) is 21.7 Å². The van der Waals surface area contributed by atoms with Crippen molar-refractivity contribution in [1.29, 1.82) is 0 Å². The number of aryl methyl sites for hydroxylation is 2. The maximum absolute atomic E-state index is 13.0. The van der Waals surface area contributed by atoms with Crippen LogP contribution >= 0.6 is 24.0 Å². The highest BCUT2D eigenvalue weighted by atomic mass is 32.2. The quantitative estimate of drug-likeness (QED) is 0.562. The molecule has 2 aromatic carbocycles.